The number of fused-ring (bicyclic) bond motifs is 3. The van der Waals surface area contributed by atoms with Gasteiger partial charge in [0.2, 0.25) is 0 Å². The summed E-state index contributed by atoms with van der Waals surface area (Å²) in [4.78, 5) is 17.8. The third-order valence-corrected chi connectivity index (χ3v) is 4.89. The van der Waals surface area contributed by atoms with E-state index in [2.05, 4.69) is 15.1 Å². The zero-order valence-corrected chi connectivity index (χ0v) is 13.5. The van der Waals surface area contributed by atoms with Gasteiger partial charge in [0.1, 0.15) is 5.69 Å². The van der Waals surface area contributed by atoms with Crippen LogP contribution in [0, 0.1) is 5.92 Å². The van der Waals surface area contributed by atoms with E-state index in [1.807, 2.05) is 0 Å². The number of hydrogen-bond acceptors (Lipinski definition) is 4. The minimum Gasteiger partial charge on any atom is -0.476 e. The fourth-order valence-electron chi connectivity index (χ4n) is 3.39. The Bertz CT molecular complexity index is 968. The van der Waals surface area contributed by atoms with E-state index < -0.39 is 29.7 Å². The summed E-state index contributed by atoms with van der Waals surface area (Å²) < 4.78 is 91.5. The highest BCUT2D eigenvalue weighted by Gasteiger charge is 2.74. The molecule has 13 heteroatoms. The van der Waals surface area contributed by atoms with Crippen LogP contribution in [-0.4, -0.2) is 42.9 Å². The van der Waals surface area contributed by atoms with Crippen LogP contribution in [0.15, 0.2) is 12.4 Å². The molecule has 4 rings (SSSR count). The molecule has 6 nitrogen and oxygen atoms in total. The highest BCUT2D eigenvalue weighted by atomic mass is 19.4. The predicted octanol–water partition coefficient (Wildman–Crippen LogP) is 3.31. The lowest BCUT2D eigenvalue weighted by atomic mass is 10.1. The minimum absolute atomic E-state index is 0.00748. The molecule has 1 saturated carbocycles. The van der Waals surface area contributed by atoms with Crippen molar-refractivity contribution in [3.63, 3.8) is 0 Å². The van der Waals surface area contributed by atoms with Gasteiger partial charge in [0.05, 0.1) is 18.1 Å². The van der Waals surface area contributed by atoms with Gasteiger partial charge in [-0.3, -0.25) is 0 Å². The molecule has 0 aliphatic heterocycles. The maximum atomic E-state index is 13.7. The van der Waals surface area contributed by atoms with E-state index in [0.29, 0.717) is 23.9 Å². The number of aromatic carboxylic acids is 1. The van der Waals surface area contributed by atoms with E-state index in [1.165, 1.54) is 0 Å². The van der Waals surface area contributed by atoms with Crippen LogP contribution in [0.4, 0.5) is 30.7 Å². The Kier molecular flexibility index (Phi) is 3.60. The number of carboxylic acids is 1. The second kappa shape index (κ2) is 5.41. The smallest absolute Gasteiger partial charge is 0.460 e. The molecular formula is C15H9F7N4O2. The fourth-order valence-corrected chi connectivity index (χ4v) is 3.39. The first-order valence-corrected chi connectivity index (χ1v) is 7.86. The zero-order valence-electron chi connectivity index (χ0n) is 13.5. The van der Waals surface area contributed by atoms with Gasteiger partial charge in [0.25, 0.3) is 0 Å². The molecule has 0 spiro atoms. The van der Waals surface area contributed by atoms with Gasteiger partial charge < -0.3 is 5.11 Å². The maximum Gasteiger partial charge on any atom is 0.460 e. The number of halogens is 7. The largest absolute Gasteiger partial charge is 0.476 e. The molecule has 150 valence electrons. The average Bonchev–Trinajstić information content (AvgIpc) is 3.09. The third kappa shape index (κ3) is 2.41. The van der Waals surface area contributed by atoms with Gasteiger partial charge in [0.15, 0.2) is 11.5 Å². The number of aromatic nitrogens is 4. The van der Waals surface area contributed by atoms with Crippen molar-refractivity contribution in [3.05, 3.63) is 35.0 Å². The minimum atomic E-state index is -6.49. The predicted molar refractivity (Wildman–Crippen MR) is 75.6 cm³/mol. The Morgan fingerprint density at radius 1 is 1.11 bits per heavy atom. The second-order valence-electron chi connectivity index (χ2n) is 6.64. The molecule has 0 saturated heterocycles. The number of carbonyl (C=O) groups is 1. The number of hydrogen-bond donors (Lipinski definition) is 1. The van der Waals surface area contributed by atoms with Gasteiger partial charge in [-0.05, 0) is 18.8 Å². The number of alkyl halides is 7. The van der Waals surface area contributed by atoms with Crippen LogP contribution in [0.1, 0.15) is 39.8 Å². The van der Waals surface area contributed by atoms with Crippen molar-refractivity contribution < 1.29 is 40.6 Å². The van der Waals surface area contributed by atoms with Gasteiger partial charge in [-0.2, -0.15) is 35.8 Å². The third-order valence-electron chi connectivity index (χ3n) is 4.89. The summed E-state index contributed by atoms with van der Waals surface area (Å²) >= 11 is 0. The molecule has 0 radical (unpaired) electrons. The van der Waals surface area contributed by atoms with Crippen LogP contribution in [0.25, 0.3) is 5.82 Å². The summed E-state index contributed by atoms with van der Waals surface area (Å²) in [6, 6.07) is 0. The van der Waals surface area contributed by atoms with Crippen molar-refractivity contribution in [3.8, 4) is 5.82 Å². The Morgan fingerprint density at radius 2 is 1.79 bits per heavy atom. The Morgan fingerprint density at radius 3 is 2.32 bits per heavy atom. The quantitative estimate of drug-likeness (QED) is 0.783. The van der Waals surface area contributed by atoms with E-state index >= 15 is 0 Å². The van der Waals surface area contributed by atoms with Crippen molar-refractivity contribution in [1.82, 2.24) is 19.7 Å². The standard InChI is InChI=1S/C15H9F7N4O2/c16-13(17,14(18,19)15(20,21)22)8-3-24-9(4-23-8)26-11-6-1-5(6)2-7(11)10(25-26)12(27)28/h3-6H,1-2H2,(H,27,28)/t5-,6-/m1/s1. The number of carboxylic acid groups (broad SMARTS) is 1. The lowest BCUT2D eigenvalue weighted by Crippen LogP contribution is -2.50. The monoisotopic (exact) mass is 410 g/mol. The lowest BCUT2D eigenvalue weighted by Gasteiger charge is -2.27. The van der Waals surface area contributed by atoms with Crippen molar-refractivity contribution in [2.75, 3.05) is 0 Å². The molecule has 2 aromatic rings. The molecule has 0 unspecified atom stereocenters. The lowest BCUT2D eigenvalue weighted by molar-refractivity contribution is -0.360. The normalized spacial score (nSPS) is 21.4. The second-order valence-corrected chi connectivity index (χ2v) is 6.64. The molecule has 0 bridgehead atoms. The van der Waals surface area contributed by atoms with Gasteiger partial charge in [-0.1, -0.05) is 0 Å². The van der Waals surface area contributed by atoms with Crippen LogP contribution in [0.5, 0.6) is 0 Å². The molecule has 1 N–H and O–H groups in total. The Balaban J connectivity index is 1.73. The van der Waals surface area contributed by atoms with Crippen LogP contribution in [0.3, 0.4) is 0 Å². The van der Waals surface area contributed by atoms with Crippen molar-refractivity contribution in [2.45, 2.75) is 36.8 Å². The Hall–Kier alpha value is -2.73. The molecule has 2 atom stereocenters. The van der Waals surface area contributed by atoms with Crippen LogP contribution >= 0.6 is 0 Å². The van der Waals surface area contributed by atoms with Crippen molar-refractivity contribution >= 4 is 5.97 Å². The fraction of sp³-hybridized carbons (Fsp3) is 0.467. The first-order chi connectivity index (χ1) is 12.9. The van der Waals surface area contributed by atoms with Gasteiger partial charge in [-0.15, -0.1) is 0 Å². The zero-order chi connectivity index (χ0) is 20.6. The first-order valence-electron chi connectivity index (χ1n) is 7.86. The van der Waals surface area contributed by atoms with Gasteiger partial charge in [-0.25, -0.2) is 19.4 Å². The SMILES string of the molecule is O=C(O)c1nn(-c2cnc(C(F)(F)C(F)(F)C(F)(F)F)cn2)c2c1C[C@H]1C[C@@H]21. The van der Waals surface area contributed by atoms with Crippen molar-refractivity contribution in [2.24, 2.45) is 5.92 Å². The number of rotatable bonds is 4. The number of nitrogens with zero attached hydrogens (tertiary/aromatic N) is 4. The summed E-state index contributed by atoms with van der Waals surface area (Å²) in [5.41, 5.74) is -1.14. The van der Waals surface area contributed by atoms with Gasteiger partial charge >= 0.3 is 24.0 Å². The van der Waals surface area contributed by atoms with E-state index in [9.17, 15) is 40.6 Å². The molecule has 2 aliphatic rings. The molecule has 2 aliphatic carbocycles. The summed E-state index contributed by atoms with van der Waals surface area (Å²) in [6.07, 6.45) is -4.58. The average molecular weight is 410 g/mol. The van der Waals surface area contributed by atoms with E-state index in [4.69, 9.17) is 0 Å². The Labute approximate surface area is 151 Å². The molecule has 1 fully saturated rings. The van der Waals surface area contributed by atoms with Crippen molar-refractivity contribution in [1.29, 1.82) is 0 Å². The molecule has 0 amide bonds. The molecule has 28 heavy (non-hydrogen) atoms. The maximum absolute atomic E-state index is 13.7. The van der Waals surface area contributed by atoms with Crippen LogP contribution in [0.2, 0.25) is 0 Å². The summed E-state index contributed by atoms with van der Waals surface area (Å²) in [5.74, 6) is -13.3. The van der Waals surface area contributed by atoms with Crippen LogP contribution < -0.4 is 0 Å². The first kappa shape index (κ1) is 18.6. The summed E-state index contributed by atoms with van der Waals surface area (Å²) in [6.45, 7) is 0. The topological polar surface area (TPSA) is 80.9 Å². The van der Waals surface area contributed by atoms with E-state index in [-0.39, 0.29) is 29.5 Å². The molecular weight excluding hydrogens is 401 g/mol. The molecule has 2 aromatic heterocycles. The molecule has 2 heterocycles. The summed E-state index contributed by atoms with van der Waals surface area (Å²) in [5, 5.41) is 13.1. The van der Waals surface area contributed by atoms with E-state index in [0.717, 1.165) is 11.1 Å². The van der Waals surface area contributed by atoms with Crippen LogP contribution in [-0.2, 0) is 12.3 Å². The highest BCUT2D eigenvalue weighted by Crippen LogP contribution is 2.57. The highest BCUT2D eigenvalue weighted by molar-refractivity contribution is 5.88. The molecule has 0 aromatic carbocycles. The summed E-state index contributed by atoms with van der Waals surface area (Å²) in [7, 11) is 0. The van der Waals surface area contributed by atoms with Gasteiger partial charge in [0, 0.05) is 11.5 Å². The van der Waals surface area contributed by atoms with E-state index in [1.54, 1.807) is 0 Å².